The fraction of sp³-hybridized carbons (Fsp3) is 0.714. The van der Waals surface area contributed by atoms with Crippen LogP contribution in [0.1, 0.15) is 13.8 Å². The first-order chi connectivity index (χ1) is 5.95. The number of carboxylic acid groups (broad SMARTS) is 1. The molecule has 78 valence electrons. The maximum absolute atomic E-state index is 10.5. The Kier molecular flexibility index (Phi) is 9.86. The molecule has 0 aliphatic carbocycles. The number of alkyl halides is 1. The molecule has 0 heterocycles. The third kappa shape index (κ3) is 13.8. The van der Waals surface area contributed by atoms with E-state index in [2.05, 4.69) is 4.74 Å². The Morgan fingerprint density at radius 3 is 2.00 bits per heavy atom. The molecule has 0 aromatic rings. The van der Waals surface area contributed by atoms with Crippen molar-refractivity contribution < 1.29 is 28.9 Å². The van der Waals surface area contributed by atoms with E-state index in [1.165, 1.54) is 6.92 Å². The van der Waals surface area contributed by atoms with E-state index < -0.39 is 24.7 Å². The van der Waals surface area contributed by atoms with Crippen LogP contribution in [0.3, 0.4) is 0 Å². The van der Waals surface area contributed by atoms with Gasteiger partial charge in [-0.15, -0.1) is 0 Å². The van der Waals surface area contributed by atoms with Gasteiger partial charge in [-0.1, -0.05) is 0 Å². The minimum Gasteiger partial charge on any atom is -0.479 e. The molecule has 1 unspecified atom stereocenters. The molecule has 0 fully saturated rings. The fourth-order valence-corrected chi connectivity index (χ4v) is 0.263. The number of rotatable bonds is 3. The monoisotopic (exact) mass is 196 g/mol. The van der Waals surface area contributed by atoms with Crippen molar-refractivity contribution in [1.82, 2.24) is 0 Å². The maximum Gasteiger partial charge on any atom is 0.335 e. The lowest BCUT2D eigenvalue weighted by molar-refractivity contribution is -0.151. The van der Waals surface area contributed by atoms with E-state index in [1.807, 2.05) is 0 Å². The Morgan fingerprint density at radius 2 is 1.92 bits per heavy atom. The number of ether oxygens (including phenoxy) is 1. The second-order valence-corrected chi connectivity index (χ2v) is 1.96. The zero-order valence-electron chi connectivity index (χ0n) is 7.49. The molecule has 0 aromatic heterocycles. The molecule has 1 atom stereocenters. The van der Waals surface area contributed by atoms with Gasteiger partial charge < -0.3 is 14.9 Å². The molecule has 0 spiro atoms. The summed E-state index contributed by atoms with van der Waals surface area (Å²) in [5.74, 6) is -1.97. The number of carboxylic acids is 1. The van der Waals surface area contributed by atoms with Gasteiger partial charge in [0, 0.05) is 0 Å². The van der Waals surface area contributed by atoms with Gasteiger partial charge in [0.1, 0.15) is 6.10 Å². The Morgan fingerprint density at radius 1 is 1.54 bits per heavy atom. The quantitative estimate of drug-likeness (QED) is 0.619. The fourth-order valence-electron chi connectivity index (χ4n) is 0.263. The lowest BCUT2D eigenvalue weighted by Gasteiger charge is -2.01. The lowest BCUT2D eigenvalue weighted by atomic mass is 10.4. The highest BCUT2D eigenvalue weighted by Crippen LogP contribution is 1.84. The number of aliphatic hydroxyl groups is 1. The molecule has 6 heteroatoms. The van der Waals surface area contributed by atoms with Gasteiger partial charge in [0.2, 0.25) is 0 Å². The number of aliphatic carboxylic acids is 1. The summed E-state index contributed by atoms with van der Waals surface area (Å²) in [6.07, 6.45) is -0.991. The smallest absolute Gasteiger partial charge is 0.335 e. The predicted octanol–water partition coefficient (Wildman–Crippen LogP) is -0.0292. The lowest BCUT2D eigenvalue weighted by Crippen LogP contribution is -2.18. The zero-order valence-corrected chi connectivity index (χ0v) is 7.49. The molecular weight excluding hydrogens is 183 g/mol. The number of carbonyl (C=O) groups is 2. The van der Waals surface area contributed by atoms with Crippen LogP contribution in [-0.4, -0.2) is 41.5 Å². The zero-order chi connectivity index (χ0) is 10.9. The minimum atomic E-state index is -1.41. The number of halogens is 1. The van der Waals surface area contributed by atoms with Crippen molar-refractivity contribution in [3.63, 3.8) is 0 Å². The van der Waals surface area contributed by atoms with E-state index in [0.717, 1.165) is 0 Å². The Labute approximate surface area is 75.1 Å². The molecule has 0 saturated carbocycles. The SMILES string of the molecule is CCOC(=O)C(C)O.O=C(O)CF. The van der Waals surface area contributed by atoms with Crippen molar-refractivity contribution in [2.75, 3.05) is 13.3 Å². The van der Waals surface area contributed by atoms with Crippen LogP contribution >= 0.6 is 0 Å². The molecule has 2 N–H and O–H groups in total. The van der Waals surface area contributed by atoms with Crippen LogP contribution in [0, 0.1) is 0 Å². The largest absolute Gasteiger partial charge is 0.479 e. The summed E-state index contributed by atoms with van der Waals surface area (Å²) in [5.41, 5.74) is 0. The van der Waals surface area contributed by atoms with Crippen LogP contribution in [0.15, 0.2) is 0 Å². The second-order valence-electron chi connectivity index (χ2n) is 1.96. The number of carbonyl (C=O) groups excluding carboxylic acids is 1. The first-order valence-corrected chi connectivity index (χ1v) is 3.58. The Hall–Kier alpha value is -1.17. The molecule has 0 rings (SSSR count). The van der Waals surface area contributed by atoms with Gasteiger partial charge in [0.25, 0.3) is 0 Å². The first kappa shape index (κ1) is 14.4. The van der Waals surface area contributed by atoms with E-state index in [0.29, 0.717) is 6.61 Å². The van der Waals surface area contributed by atoms with Gasteiger partial charge in [-0.05, 0) is 13.8 Å². The molecule has 0 saturated heterocycles. The van der Waals surface area contributed by atoms with Crippen molar-refractivity contribution in [2.24, 2.45) is 0 Å². The van der Waals surface area contributed by atoms with Crippen molar-refractivity contribution in [1.29, 1.82) is 0 Å². The summed E-state index contributed by atoms with van der Waals surface area (Å²) in [5, 5.41) is 15.8. The normalized spacial score (nSPS) is 10.8. The first-order valence-electron chi connectivity index (χ1n) is 3.58. The summed E-state index contributed by atoms with van der Waals surface area (Å²) >= 11 is 0. The summed E-state index contributed by atoms with van der Waals surface area (Å²) in [6, 6.07) is 0. The number of hydrogen-bond donors (Lipinski definition) is 2. The average Bonchev–Trinajstić information content (AvgIpc) is 2.06. The predicted molar refractivity (Wildman–Crippen MR) is 41.9 cm³/mol. The number of aliphatic hydroxyl groups excluding tert-OH is 1. The Balaban J connectivity index is 0. The summed E-state index contributed by atoms with van der Waals surface area (Å²) in [4.78, 5) is 19.3. The van der Waals surface area contributed by atoms with Crippen LogP contribution < -0.4 is 0 Å². The third-order valence-corrected chi connectivity index (χ3v) is 0.742. The highest BCUT2D eigenvalue weighted by atomic mass is 19.1. The van der Waals surface area contributed by atoms with Gasteiger partial charge >= 0.3 is 11.9 Å². The van der Waals surface area contributed by atoms with E-state index in [1.54, 1.807) is 6.92 Å². The van der Waals surface area contributed by atoms with Crippen molar-refractivity contribution in [3.05, 3.63) is 0 Å². The molecule has 0 aliphatic rings. The maximum atomic E-state index is 10.5. The van der Waals surface area contributed by atoms with Crippen molar-refractivity contribution in [3.8, 4) is 0 Å². The van der Waals surface area contributed by atoms with Gasteiger partial charge in [-0.3, -0.25) is 0 Å². The Bertz CT molecular complexity index is 157. The number of esters is 1. The van der Waals surface area contributed by atoms with Crippen LogP contribution in [0.2, 0.25) is 0 Å². The summed E-state index contributed by atoms with van der Waals surface area (Å²) in [7, 11) is 0. The van der Waals surface area contributed by atoms with Crippen molar-refractivity contribution in [2.45, 2.75) is 20.0 Å². The average molecular weight is 196 g/mol. The molecule has 0 amide bonds. The van der Waals surface area contributed by atoms with Crippen LogP contribution in [0.4, 0.5) is 4.39 Å². The standard InChI is InChI=1S/C5H10O3.C2H3FO2/c1-3-8-5(7)4(2)6;3-1-2(4)5/h4,6H,3H2,1-2H3;1H2,(H,4,5). The van der Waals surface area contributed by atoms with E-state index in [9.17, 15) is 9.18 Å². The highest BCUT2D eigenvalue weighted by molar-refractivity contribution is 5.73. The van der Waals surface area contributed by atoms with E-state index >= 15 is 0 Å². The second kappa shape index (κ2) is 8.92. The van der Waals surface area contributed by atoms with Crippen LogP contribution in [-0.2, 0) is 14.3 Å². The summed E-state index contributed by atoms with van der Waals surface area (Å²) in [6.45, 7) is 2.11. The third-order valence-electron chi connectivity index (χ3n) is 0.742. The highest BCUT2D eigenvalue weighted by Gasteiger charge is 2.07. The molecule has 0 aromatic carbocycles. The molecule has 5 nitrogen and oxygen atoms in total. The molecular formula is C7H13FO5. The number of hydrogen-bond acceptors (Lipinski definition) is 4. The van der Waals surface area contributed by atoms with Crippen LogP contribution in [0.25, 0.3) is 0 Å². The summed E-state index contributed by atoms with van der Waals surface area (Å²) < 4.78 is 14.9. The van der Waals surface area contributed by atoms with Gasteiger partial charge in [0.15, 0.2) is 6.67 Å². The molecule has 13 heavy (non-hydrogen) atoms. The molecule has 0 radical (unpaired) electrons. The van der Waals surface area contributed by atoms with Gasteiger partial charge in [-0.25, -0.2) is 14.0 Å². The van der Waals surface area contributed by atoms with Crippen LogP contribution in [0.5, 0.6) is 0 Å². The molecule has 0 bridgehead atoms. The van der Waals surface area contributed by atoms with E-state index in [-0.39, 0.29) is 0 Å². The van der Waals surface area contributed by atoms with Gasteiger partial charge in [0.05, 0.1) is 6.61 Å². The topological polar surface area (TPSA) is 83.8 Å². The minimum absolute atomic E-state index is 0.323. The molecule has 0 aliphatic heterocycles. The van der Waals surface area contributed by atoms with E-state index in [4.69, 9.17) is 15.0 Å². The van der Waals surface area contributed by atoms with Gasteiger partial charge in [-0.2, -0.15) is 0 Å². The van der Waals surface area contributed by atoms with Crippen molar-refractivity contribution >= 4 is 11.9 Å².